The summed E-state index contributed by atoms with van der Waals surface area (Å²) in [4.78, 5) is 12.0. The average Bonchev–Trinajstić information content (AvgIpc) is 3.65. The molecule has 6 rings (SSSR count). The summed E-state index contributed by atoms with van der Waals surface area (Å²) in [5, 5.41) is 11.9. The van der Waals surface area contributed by atoms with Crippen molar-refractivity contribution in [2.45, 2.75) is 69.0 Å². The molecule has 2 aromatic heterocycles. The molecule has 3 heterocycles. The lowest BCUT2D eigenvalue weighted by Gasteiger charge is -2.40. The summed E-state index contributed by atoms with van der Waals surface area (Å²) in [6.07, 6.45) is -3.36. The molecule has 1 aliphatic heterocycles. The maximum absolute atomic E-state index is 14.5. The lowest BCUT2D eigenvalue weighted by Crippen LogP contribution is -2.49. The number of nitrogen functional groups attached to an aromatic ring is 1. The molecular weight excluding hydrogens is 658 g/mol. The fraction of sp³-hybridized carbons (Fsp3) is 0.378. The molecule has 11 nitrogen and oxygen atoms in total. The predicted octanol–water partition coefficient (Wildman–Crippen LogP) is 6.22. The number of anilines is 1. The van der Waals surface area contributed by atoms with Gasteiger partial charge in [-0.15, -0.1) is 0 Å². The van der Waals surface area contributed by atoms with E-state index in [0.29, 0.717) is 11.5 Å². The first kappa shape index (κ1) is 35.4. The van der Waals surface area contributed by atoms with Crippen LogP contribution >= 0.6 is 0 Å². The molecule has 0 saturated carbocycles. The van der Waals surface area contributed by atoms with Gasteiger partial charge in [-0.25, -0.2) is 4.98 Å². The fourth-order valence-corrected chi connectivity index (χ4v) is 7.39. The van der Waals surface area contributed by atoms with Crippen LogP contribution in [0.1, 0.15) is 43.7 Å². The van der Waals surface area contributed by atoms with Gasteiger partial charge in [0.2, 0.25) is 0 Å². The van der Waals surface area contributed by atoms with Gasteiger partial charge in [0, 0.05) is 0 Å². The first-order chi connectivity index (χ1) is 23.8. The molecule has 0 unspecified atom stereocenters. The van der Waals surface area contributed by atoms with E-state index in [0.717, 1.165) is 16.7 Å². The minimum Gasteiger partial charge on any atom is -0.497 e. The Morgan fingerprint density at radius 1 is 0.880 bits per heavy atom. The third-order valence-electron chi connectivity index (χ3n) is 9.88. The van der Waals surface area contributed by atoms with E-state index in [4.69, 9.17) is 29.1 Å². The second-order valence-electron chi connectivity index (χ2n) is 13.9. The number of methoxy groups -OCH3 is 2. The van der Waals surface area contributed by atoms with Crippen molar-refractivity contribution in [1.29, 1.82) is 0 Å². The Kier molecular flexibility index (Phi) is 9.72. The Labute approximate surface area is 292 Å². The molecule has 264 valence electrons. The van der Waals surface area contributed by atoms with Gasteiger partial charge in [0.1, 0.15) is 35.4 Å². The zero-order valence-corrected chi connectivity index (χ0v) is 30.3. The van der Waals surface area contributed by atoms with Crippen molar-refractivity contribution in [3.05, 3.63) is 108 Å². The van der Waals surface area contributed by atoms with Crippen LogP contribution in [0.5, 0.6) is 11.5 Å². The molecule has 3 N–H and O–H groups in total. The first-order valence-electron chi connectivity index (χ1n) is 16.4. The van der Waals surface area contributed by atoms with E-state index in [-0.39, 0.29) is 28.6 Å². The van der Waals surface area contributed by atoms with E-state index in [1.54, 1.807) is 18.8 Å². The Hall–Kier alpha value is -4.40. The lowest BCUT2D eigenvalue weighted by atomic mass is 9.80. The Balaban J connectivity index is 1.44. The van der Waals surface area contributed by atoms with Gasteiger partial charge in [-0.05, 0) is 59.1 Å². The van der Waals surface area contributed by atoms with Gasteiger partial charge < -0.3 is 34.2 Å². The standard InChI is InChI=1S/C37H44FN5O6Si/c1-36(2,3)50(6,7)49-31-30(44)28(48-34(31)43-22-40-29-32(39)41-35(38)42-33(29)43)21-47-37(23-11-9-8-10-12-23,24-13-17-26(45-4)18-14-24)25-15-19-27(46-5)20-16-25/h8-20,22,28,30-31,34,44H,21H2,1-7H3,(H2,39,41,42)/t28-,30-,31-,34-/m1/s1. The molecule has 0 spiro atoms. The van der Waals surface area contributed by atoms with Gasteiger partial charge in [-0.2, -0.15) is 14.4 Å². The topological polar surface area (TPSA) is 136 Å². The molecule has 1 aliphatic rings. The SMILES string of the molecule is COc1ccc(C(OC[C@H]2O[C@@H](n3cnc4c(N)nc(F)nc43)[C@H](O[Si](C)(C)C(C)(C)C)[C@@H]2O)(c2ccccc2)c2ccc(OC)cc2)cc1. The Morgan fingerprint density at radius 3 is 1.98 bits per heavy atom. The molecule has 0 aliphatic carbocycles. The van der Waals surface area contributed by atoms with Gasteiger partial charge in [0.05, 0.1) is 27.2 Å². The van der Waals surface area contributed by atoms with E-state index < -0.39 is 44.5 Å². The maximum atomic E-state index is 14.5. The van der Waals surface area contributed by atoms with Crippen molar-refractivity contribution in [1.82, 2.24) is 19.5 Å². The molecule has 13 heteroatoms. The highest BCUT2D eigenvalue weighted by Gasteiger charge is 2.52. The fourth-order valence-electron chi connectivity index (χ4n) is 6.10. The summed E-state index contributed by atoms with van der Waals surface area (Å²) in [6.45, 7) is 10.5. The number of benzene rings is 3. The number of aliphatic hydroxyl groups excluding tert-OH is 1. The minimum atomic E-state index is -2.49. The predicted molar refractivity (Wildman–Crippen MR) is 190 cm³/mol. The van der Waals surface area contributed by atoms with Crippen molar-refractivity contribution in [2.24, 2.45) is 0 Å². The van der Waals surface area contributed by atoms with E-state index in [2.05, 4.69) is 48.8 Å². The highest BCUT2D eigenvalue weighted by molar-refractivity contribution is 6.74. The van der Waals surface area contributed by atoms with Crippen molar-refractivity contribution in [3.8, 4) is 11.5 Å². The van der Waals surface area contributed by atoms with E-state index >= 15 is 0 Å². The number of nitrogens with zero attached hydrogens (tertiary/aromatic N) is 4. The van der Waals surface area contributed by atoms with Crippen LogP contribution in [0, 0.1) is 6.08 Å². The zero-order valence-electron chi connectivity index (χ0n) is 29.3. The highest BCUT2D eigenvalue weighted by atomic mass is 28.4. The largest absolute Gasteiger partial charge is 0.497 e. The Bertz CT molecular complexity index is 1870. The lowest BCUT2D eigenvalue weighted by molar-refractivity contribution is -0.0940. The molecule has 1 fully saturated rings. The average molecular weight is 702 g/mol. The number of aliphatic hydroxyl groups is 1. The summed E-state index contributed by atoms with van der Waals surface area (Å²) < 4.78 is 47.5. The molecule has 3 aromatic carbocycles. The molecular formula is C37H44FN5O6Si. The van der Waals surface area contributed by atoms with Crippen LogP contribution in [0.3, 0.4) is 0 Å². The van der Waals surface area contributed by atoms with Crippen LogP contribution in [0.25, 0.3) is 11.2 Å². The van der Waals surface area contributed by atoms with Crippen molar-refractivity contribution in [3.63, 3.8) is 0 Å². The number of hydrogen-bond donors (Lipinski definition) is 2. The number of fused-ring (bicyclic) bond motifs is 1. The highest BCUT2D eigenvalue weighted by Crippen LogP contribution is 2.45. The van der Waals surface area contributed by atoms with Crippen LogP contribution in [0.15, 0.2) is 85.2 Å². The maximum Gasteiger partial charge on any atom is 0.312 e. The summed E-state index contributed by atoms with van der Waals surface area (Å²) in [5.41, 5.74) is 7.72. The van der Waals surface area contributed by atoms with Gasteiger partial charge >= 0.3 is 6.08 Å². The quantitative estimate of drug-likeness (QED) is 0.0928. The smallest absolute Gasteiger partial charge is 0.312 e. The van der Waals surface area contributed by atoms with E-state index in [9.17, 15) is 9.50 Å². The van der Waals surface area contributed by atoms with Crippen LogP contribution in [-0.4, -0.2) is 72.1 Å². The van der Waals surface area contributed by atoms with Crippen LogP contribution in [-0.2, 0) is 19.5 Å². The van der Waals surface area contributed by atoms with E-state index in [1.165, 1.54) is 6.33 Å². The summed E-state index contributed by atoms with van der Waals surface area (Å²) in [6, 6.07) is 25.3. The second kappa shape index (κ2) is 13.7. The summed E-state index contributed by atoms with van der Waals surface area (Å²) >= 11 is 0. The van der Waals surface area contributed by atoms with Gasteiger partial charge in [-0.1, -0.05) is 75.4 Å². The number of imidazole rings is 1. The van der Waals surface area contributed by atoms with Gasteiger partial charge in [0.25, 0.3) is 0 Å². The third-order valence-corrected chi connectivity index (χ3v) is 14.4. The summed E-state index contributed by atoms with van der Waals surface area (Å²) in [5.74, 6) is 1.29. The molecule has 5 aromatic rings. The molecule has 0 radical (unpaired) electrons. The summed E-state index contributed by atoms with van der Waals surface area (Å²) in [7, 11) is 0.750. The van der Waals surface area contributed by atoms with Crippen molar-refractivity contribution < 1.29 is 32.9 Å². The van der Waals surface area contributed by atoms with Crippen LogP contribution in [0.2, 0.25) is 18.1 Å². The molecule has 0 amide bonds. The van der Waals surface area contributed by atoms with Gasteiger partial charge in [-0.3, -0.25) is 4.57 Å². The molecule has 0 bridgehead atoms. The number of hydrogen-bond acceptors (Lipinski definition) is 10. The number of ether oxygens (including phenoxy) is 4. The van der Waals surface area contributed by atoms with E-state index in [1.807, 2.05) is 78.9 Å². The monoisotopic (exact) mass is 701 g/mol. The Morgan fingerprint density at radius 2 is 1.44 bits per heavy atom. The van der Waals surface area contributed by atoms with Crippen LogP contribution in [0.4, 0.5) is 10.2 Å². The molecule has 50 heavy (non-hydrogen) atoms. The number of rotatable bonds is 11. The number of aromatic nitrogens is 4. The van der Waals surface area contributed by atoms with Crippen molar-refractivity contribution in [2.75, 3.05) is 26.6 Å². The zero-order chi connectivity index (χ0) is 35.8. The van der Waals surface area contributed by atoms with Gasteiger partial charge in [0.15, 0.2) is 31.5 Å². The third kappa shape index (κ3) is 6.47. The van der Waals surface area contributed by atoms with Crippen LogP contribution < -0.4 is 15.2 Å². The first-order valence-corrected chi connectivity index (χ1v) is 19.4. The second-order valence-corrected chi connectivity index (χ2v) is 18.7. The number of nitrogens with two attached hydrogens (primary N) is 1. The molecule has 4 atom stereocenters. The molecule has 1 saturated heterocycles. The number of halogens is 1. The minimum absolute atomic E-state index is 0.0555. The normalized spacial score (nSPS) is 19.9. The van der Waals surface area contributed by atoms with Crippen molar-refractivity contribution >= 4 is 25.3 Å².